The Bertz CT molecular complexity index is 415. The zero-order valence-electron chi connectivity index (χ0n) is 8.25. The summed E-state index contributed by atoms with van der Waals surface area (Å²) in [5.74, 6) is 0.935. The Morgan fingerprint density at radius 2 is 2.13 bits per heavy atom. The third kappa shape index (κ3) is 1.57. The number of nitrogens with two attached hydrogens (primary N) is 1. The lowest BCUT2D eigenvalue weighted by atomic mass is 10.0. The minimum Gasteiger partial charge on any atom is -0.467 e. The van der Waals surface area contributed by atoms with Crippen molar-refractivity contribution in [3.05, 3.63) is 27.7 Å². The van der Waals surface area contributed by atoms with Crippen LogP contribution in [0, 0.1) is 0 Å². The van der Waals surface area contributed by atoms with Crippen LogP contribution in [0.3, 0.4) is 0 Å². The molecule has 0 bridgehead atoms. The van der Waals surface area contributed by atoms with Gasteiger partial charge in [0.2, 0.25) is 0 Å². The second kappa shape index (κ2) is 3.20. The van der Waals surface area contributed by atoms with Crippen LogP contribution in [-0.4, -0.2) is 6.79 Å². The fourth-order valence-electron chi connectivity index (χ4n) is 1.95. The van der Waals surface area contributed by atoms with E-state index in [-0.39, 0.29) is 5.54 Å². The molecule has 1 aliphatic carbocycles. The zero-order valence-corrected chi connectivity index (χ0v) is 9.84. The van der Waals surface area contributed by atoms with Gasteiger partial charge in [0.15, 0.2) is 6.79 Å². The van der Waals surface area contributed by atoms with Gasteiger partial charge in [-0.05, 0) is 25.0 Å². The zero-order chi connectivity index (χ0) is 10.5. The van der Waals surface area contributed by atoms with Crippen LogP contribution in [0.2, 0.25) is 0 Å². The maximum atomic E-state index is 6.22. The van der Waals surface area contributed by atoms with E-state index in [4.69, 9.17) is 15.2 Å². The van der Waals surface area contributed by atoms with Gasteiger partial charge in [-0.1, -0.05) is 15.9 Å². The largest absolute Gasteiger partial charge is 0.467 e. The summed E-state index contributed by atoms with van der Waals surface area (Å²) in [5.41, 5.74) is 8.26. The van der Waals surface area contributed by atoms with Crippen molar-refractivity contribution in [2.75, 3.05) is 6.79 Å². The molecule has 0 atom stereocenters. The second-order valence-electron chi connectivity index (χ2n) is 4.21. The first kappa shape index (κ1) is 9.63. The van der Waals surface area contributed by atoms with E-state index >= 15 is 0 Å². The molecule has 1 heterocycles. The molecule has 4 heteroatoms. The number of hydrogen-bond acceptors (Lipinski definition) is 3. The van der Waals surface area contributed by atoms with Crippen molar-refractivity contribution < 1.29 is 9.47 Å². The van der Waals surface area contributed by atoms with Gasteiger partial charge < -0.3 is 15.2 Å². The van der Waals surface area contributed by atoms with Crippen LogP contribution in [-0.2, 0) is 16.9 Å². The molecule has 0 saturated heterocycles. The first-order chi connectivity index (χ1) is 7.19. The predicted octanol–water partition coefficient (Wildman–Crippen LogP) is 2.26. The lowest BCUT2D eigenvalue weighted by molar-refractivity contribution is -0.0174. The van der Waals surface area contributed by atoms with Crippen molar-refractivity contribution in [1.29, 1.82) is 0 Å². The molecule has 3 rings (SSSR count). The molecular formula is C11H12BrNO2. The van der Waals surface area contributed by atoms with Crippen LogP contribution in [0.1, 0.15) is 24.0 Å². The fourth-order valence-corrected chi connectivity index (χ4v) is 2.46. The van der Waals surface area contributed by atoms with Gasteiger partial charge >= 0.3 is 0 Å². The highest BCUT2D eigenvalue weighted by Crippen LogP contribution is 2.49. The molecule has 2 aliphatic rings. The molecule has 0 aromatic heterocycles. The summed E-state index contributed by atoms with van der Waals surface area (Å²) in [6, 6.07) is 4.10. The molecule has 15 heavy (non-hydrogen) atoms. The van der Waals surface area contributed by atoms with E-state index in [9.17, 15) is 0 Å². The average Bonchev–Trinajstić information content (AvgIpc) is 2.96. The standard InChI is InChI=1S/C11H12BrNO2/c12-8-3-7-5-14-6-15-10(7)9(4-8)11(13)1-2-11/h3-4H,1-2,5-6,13H2. The molecule has 1 aromatic carbocycles. The summed E-state index contributed by atoms with van der Waals surface area (Å²) in [7, 11) is 0. The van der Waals surface area contributed by atoms with Crippen molar-refractivity contribution in [2.45, 2.75) is 25.0 Å². The van der Waals surface area contributed by atoms with Crippen LogP contribution < -0.4 is 10.5 Å². The van der Waals surface area contributed by atoms with Gasteiger partial charge in [-0.15, -0.1) is 0 Å². The lowest BCUT2D eigenvalue weighted by Gasteiger charge is -2.23. The van der Waals surface area contributed by atoms with E-state index in [0.717, 1.165) is 34.2 Å². The van der Waals surface area contributed by atoms with Gasteiger partial charge in [0.1, 0.15) is 5.75 Å². The maximum absolute atomic E-state index is 6.22. The monoisotopic (exact) mass is 269 g/mol. The number of benzene rings is 1. The maximum Gasteiger partial charge on any atom is 0.189 e. The Kier molecular flexibility index (Phi) is 2.06. The summed E-state index contributed by atoms with van der Waals surface area (Å²) < 4.78 is 11.9. The van der Waals surface area contributed by atoms with E-state index in [1.165, 1.54) is 0 Å². The summed E-state index contributed by atoms with van der Waals surface area (Å²) in [5, 5.41) is 0. The van der Waals surface area contributed by atoms with Gasteiger partial charge in [0.25, 0.3) is 0 Å². The Morgan fingerprint density at radius 3 is 2.87 bits per heavy atom. The lowest BCUT2D eigenvalue weighted by Crippen LogP contribution is -2.23. The van der Waals surface area contributed by atoms with Crippen molar-refractivity contribution in [3.8, 4) is 5.75 Å². The highest BCUT2D eigenvalue weighted by Gasteiger charge is 2.43. The molecule has 3 nitrogen and oxygen atoms in total. The van der Waals surface area contributed by atoms with Crippen molar-refractivity contribution >= 4 is 15.9 Å². The van der Waals surface area contributed by atoms with Crippen LogP contribution in [0.5, 0.6) is 5.75 Å². The number of rotatable bonds is 1. The Hall–Kier alpha value is -0.580. The Labute approximate surface area is 96.7 Å². The highest BCUT2D eigenvalue weighted by molar-refractivity contribution is 9.10. The molecule has 0 amide bonds. The van der Waals surface area contributed by atoms with Crippen LogP contribution in [0.4, 0.5) is 0 Å². The molecule has 0 unspecified atom stereocenters. The normalized spacial score (nSPS) is 21.7. The van der Waals surface area contributed by atoms with Crippen molar-refractivity contribution in [3.63, 3.8) is 0 Å². The molecule has 1 aromatic rings. The second-order valence-corrected chi connectivity index (χ2v) is 5.12. The fraction of sp³-hybridized carbons (Fsp3) is 0.455. The van der Waals surface area contributed by atoms with Crippen molar-refractivity contribution in [1.82, 2.24) is 0 Å². The van der Waals surface area contributed by atoms with E-state index in [1.807, 2.05) is 6.07 Å². The average molecular weight is 270 g/mol. The Balaban J connectivity index is 2.15. The van der Waals surface area contributed by atoms with Gasteiger partial charge in [0.05, 0.1) is 6.61 Å². The molecular weight excluding hydrogens is 258 g/mol. The summed E-state index contributed by atoms with van der Waals surface area (Å²) in [4.78, 5) is 0. The minimum absolute atomic E-state index is 0.162. The molecule has 1 saturated carbocycles. The van der Waals surface area contributed by atoms with Crippen molar-refractivity contribution in [2.24, 2.45) is 5.73 Å². The number of hydrogen-bond donors (Lipinski definition) is 1. The van der Waals surface area contributed by atoms with Gasteiger partial charge in [-0.3, -0.25) is 0 Å². The Morgan fingerprint density at radius 1 is 1.33 bits per heavy atom. The number of fused-ring (bicyclic) bond motifs is 1. The summed E-state index contributed by atoms with van der Waals surface area (Å²) >= 11 is 3.49. The topological polar surface area (TPSA) is 44.5 Å². The number of halogens is 1. The van der Waals surface area contributed by atoms with Crippen LogP contribution >= 0.6 is 15.9 Å². The first-order valence-electron chi connectivity index (χ1n) is 5.01. The third-order valence-corrected chi connectivity index (χ3v) is 3.46. The predicted molar refractivity (Wildman–Crippen MR) is 59.5 cm³/mol. The van der Waals surface area contributed by atoms with E-state index in [1.54, 1.807) is 0 Å². The number of ether oxygens (including phenoxy) is 2. The highest BCUT2D eigenvalue weighted by atomic mass is 79.9. The first-order valence-corrected chi connectivity index (χ1v) is 5.81. The SMILES string of the molecule is NC1(c2cc(Br)cc3c2OCOC3)CC1. The van der Waals surface area contributed by atoms with E-state index in [2.05, 4.69) is 22.0 Å². The van der Waals surface area contributed by atoms with Crippen LogP contribution in [0.25, 0.3) is 0 Å². The van der Waals surface area contributed by atoms with Gasteiger partial charge in [-0.25, -0.2) is 0 Å². The minimum atomic E-state index is -0.162. The summed E-state index contributed by atoms with van der Waals surface area (Å²) in [6.07, 6.45) is 2.08. The van der Waals surface area contributed by atoms with E-state index in [0.29, 0.717) is 13.4 Å². The quantitative estimate of drug-likeness (QED) is 0.851. The van der Waals surface area contributed by atoms with E-state index < -0.39 is 0 Å². The molecule has 0 spiro atoms. The molecule has 1 fully saturated rings. The molecule has 1 aliphatic heterocycles. The smallest absolute Gasteiger partial charge is 0.189 e. The van der Waals surface area contributed by atoms with Gasteiger partial charge in [0, 0.05) is 21.1 Å². The molecule has 2 N–H and O–H groups in total. The van der Waals surface area contributed by atoms with Gasteiger partial charge in [-0.2, -0.15) is 0 Å². The third-order valence-electron chi connectivity index (χ3n) is 3.00. The molecule has 80 valence electrons. The molecule has 0 radical (unpaired) electrons. The summed E-state index contributed by atoms with van der Waals surface area (Å²) in [6.45, 7) is 0.940. The van der Waals surface area contributed by atoms with Crippen LogP contribution in [0.15, 0.2) is 16.6 Å².